The van der Waals surface area contributed by atoms with Crippen molar-refractivity contribution in [2.75, 3.05) is 13.2 Å². The molecule has 0 saturated heterocycles. The normalized spacial score (nSPS) is 8.50. The molecule has 1 rings (SSSR count). The first-order chi connectivity index (χ1) is 5.70. The third-order valence-electron chi connectivity index (χ3n) is 0.714. The Morgan fingerprint density at radius 2 is 2.17 bits per heavy atom. The first-order valence-electron chi connectivity index (χ1n) is 3.15. The highest BCUT2D eigenvalue weighted by Crippen LogP contribution is 1.40. The Morgan fingerprint density at radius 1 is 1.58 bits per heavy atom. The number of aliphatic hydroxyl groups excluding tert-OH is 1. The van der Waals surface area contributed by atoms with Crippen molar-refractivity contribution < 1.29 is 5.11 Å². The fraction of sp³-hybridized carbons (Fsp3) is 0.400. The summed E-state index contributed by atoms with van der Waals surface area (Å²) < 4.78 is 0. The maximum Gasteiger partial charge on any atom is 0.342 e. The molecule has 0 unspecified atom stereocenters. The van der Waals surface area contributed by atoms with Gasteiger partial charge >= 0.3 is 5.69 Å². The Balaban J connectivity index is 0.000000261. The summed E-state index contributed by atoms with van der Waals surface area (Å²) in [5, 5.41) is 13.0. The summed E-state index contributed by atoms with van der Waals surface area (Å²) in [6, 6.07) is 0. The number of aromatic amines is 2. The summed E-state index contributed by atoms with van der Waals surface area (Å²) in [6.07, 6.45) is 0.987. The van der Waals surface area contributed by atoms with Crippen LogP contribution >= 0.6 is 0 Å². The average Bonchev–Trinajstić information content (AvgIpc) is 2.04. The van der Waals surface area contributed by atoms with Crippen LogP contribution in [0.15, 0.2) is 15.8 Å². The number of H-pyrrole nitrogens is 2. The second kappa shape index (κ2) is 6.25. The van der Waals surface area contributed by atoms with Gasteiger partial charge < -0.3 is 10.8 Å². The van der Waals surface area contributed by atoms with Gasteiger partial charge in [0.05, 0.1) is 6.61 Å². The molecule has 1 heterocycles. The fourth-order valence-corrected chi connectivity index (χ4v) is 0.322. The van der Waals surface area contributed by atoms with Gasteiger partial charge in [-0.25, -0.2) is 9.89 Å². The lowest BCUT2D eigenvalue weighted by molar-refractivity contribution is 0.306. The standard InChI is InChI=1S/C3H3N3O2.C2H7NO/c7-2-1-4-6-3(8)5-2;3-1-2-4/h1H,(H2,5,6,7,8);4H,1-3H2. The van der Waals surface area contributed by atoms with Crippen LogP contribution in [-0.4, -0.2) is 33.4 Å². The number of nitrogens with one attached hydrogen (secondary N) is 2. The van der Waals surface area contributed by atoms with Crippen molar-refractivity contribution in [3.05, 3.63) is 27.0 Å². The zero-order valence-corrected chi connectivity index (χ0v) is 6.28. The van der Waals surface area contributed by atoms with Crippen LogP contribution < -0.4 is 17.0 Å². The van der Waals surface area contributed by atoms with E-state index in [-0.39, 0.29) is 6.61 Å². The van der Waals surface area contributed by atoms with E-state index in [1.54, 1.807) is 0 Å². The summed E-state index contributed by atoms with van der Waals surface area (Å²) in [7, 11) is 0. The van der Waals surface area contributed by atoms with E-state index < -0.39 is 11.2 Å². The molecule has 12 heavy (non-hydrogen) atoms. The van der Waals surface area contributed by atoms with E-state index in [0.717, 1.165) is 6.20 Å². The number of hydrogen-bond donors (Lipinski definition) is 4. The molecule has 0 radical (unpaired) electrons. The van der Waals surface area contributed by atoms with E-state index in [0.29, 0.717) is 6.54 Å². The Labute approximate surface area is 67.3 Å². The van der Waals surface area contributed by atoms with Crippen LogP contribution in [0.25, 0.3) is 0 Å². The van der Waals surface area contributed by atoms with Gasteiger partial charge in [0, 0.05) is 6.54 Å². The van der Waals surface area contributed by atoms with Crippen molar-refractivity contribution in [1.29, 1.82) is 0 Å². The van der Waals surface area contributed by atoms with Crippen LogP contribution in [0, 0.1) is 0 Å². The third kappa shape index (κ3) is 5.33. The van der Waals surface area contributed by atoms with Gasteiger partial charge in [0.15, 0.2) is 0 Å². The lowest BCUT2D eigenvalue weighted by atomic mass is 10.8. The Bertz CT molecular complexity index is 277. The van der Waals surface area contributed by atoms with E-state index in [4.69, 9.17) is 10.8 Å². The Hall–Kier alpha value is -1.47. The Kier molecular flexibility index (Phi) is 5.49. The molecule has 0 aliphatic heterocycles. The van der Waals surface area contributed by atoms with Gasteiger partial charge in [-0.1, -0.05) is 0 Å². The number of rotatable bonds is 1. The van der Waals surface area contributed by atoms with E-state index in [2.05, 4.69) is 5.10 Å². The summed E-state index contributed by atoms with van der Waals surface area (Å²) in [5.74, 6) is 0. The molecule has 0 spiro atoms. The molecule has 0 amide bonds. The van der Waals surface area contributed by atoms with Gasteiger partial charge in [0.25, 0.3) is 5.56 Å². The van der Waals surface area contributed by atoms with E-state index in [1.807, 2.05) is 10.1 Å². The van der Waals surface area contributed by atoms with Crippen molar-refractivity contribution in [1.82, 2.24) is 15.2 Å². The second-order valence-corrected chi connectivity index (χ2v) is 1.70. The number of nitrogens with zero attached hydrogens (tertiary/aromatic N) is 1. The SMILES string of the molecule is NCCO.O=c1cn[nH]c(=O)[nH]1. The van der Waals surface area contributed by atoms with Crippen molar-refractivity contribution in [3.63, 3.8) is 0 Å². The third-order valence-corrected chi connectivity index (χ3v) is 0.714. The number of nitrogens with two attached hydrogens (primary N) is 1. The van der Waals surface area contributed by atoms with Crippen molar-refractivity contribution in [2.24, 2.45) is 5.73 Å². The van der Waals surface area contributed by atoms with Crippen molar-refractivity contribution in [3.8, 4) is 0 Å². The lowest BCUT2D eigenvalue weighted by Crippen LogP contribution is -2.21. The molecule has 0 aliphatic rings. The van der Waals surface area contributed by atoms with E-state index in [1.165, 1.54) is 0 Å². The summed E-state index contributed by atoms with van der Waals surface area (Å²) in [4.78, 5) is 22.2. The lowest BCUT2D eigenvalue weighted by Gasteiger charge is -1.74. The highest BCUT2D eigenvalue weighted by Gasteiger charge is 1.79. The Morgan fingerprint density at radius 3 is 2.42 bits per heavy atom. The van der Waals surface area contributed by atoms with Crippen LogP contribution in [0.5, 0.6) is 0 Å². The first-order valence-corrected chi connectivity index (χ1v) is 3.15. The van der Waals surface area contributed by atoms with E-state index >= 15 is 0 Å². The highest BCUT2D eigenvalue weighted by atomic mass is 16.3. The highest BCUT2D eigenvalue weighted by molar-refractivity contribution is 4.64. The minimum absolute atomic E-state index is 0.0972. The van der Waals surface area contributed by atoms with Crippen LogP contribution in [0.4, 0.5) is 0 Å². The second-order valence-electron chi connectivity index (χ2n) is 1.70. The zero-order chi connectivity index (χ0) is 9.40. The summed E-state index contributed by atoms with van der Waals surface area (Å²) in [6.45, 7) is 0.472. The number of aliphatic hydroxyl groups is 1. The molecule has 0 atom stereocenters. The molecule has 0 fully saturated rings. The minimum atomic E-state index is -0.586. The monoisotopic (exact) mass is 174 g/mol. The summed E-state index contributed by atoms with van der Waals surface area (Å²) in [5.41, 5.74) is 3.70. The van der Waals surface area contributed by atoms with Gasteiger partial charge in [-0.05, 0) is 0 Å². The molecule has 0 saturated carbocycles. The topological polar surface area (TPSA) is 125 Å². The van der Waals surface area contributed by atoms with Gasteiger partial charge in [-0.15, -0.1) is 0 Å². The maximum absolute atomic E-state index is 10.2. The van der Waals surface area contributed by atoms with Gasteiger partial charge in [0.2, 0.25) is 0 Å². The van der Waals surface area contributed by atoms with E-state index in [9.17, 15) is 9.59 Å². The molecule has 7 nitrogen and oxygen atoms in total. The largest absolute Gasteiger partial charge is 0.395 e. The maximum atomic E-state index is 10.2. The van der Waals surface area contributed by atoms with Crippen LogP contribution in [0.1, 0.15) is 0 Å². The van der Waals surface area contributed by atoms with Gasteiger partial charge in [0.1, 0.15) is 6.20 Å². The van der Waals surface area contributed by atoms with Gasteiger partial charge in [-0.2, -0.15) is 5.10 Å². The molecule has 0 aliphatic carbocycles. The number of hydrogen-bond acceptors (Lipinski definition) is 5. The molecular weight excluding hydrogens is 164 g/mol. The smallest absolute Gasteiger partial charge is 0.342 e. The van der Waals surface area contributed by atoms with Crippen LogP contribution in [0.2, 0.25) is 0 Å². The molecule has 68 valence electrons. The zero-order valence-electron chi connectivity index (χ0n) is 6.28. The molecular formula is C5H10N4O3. The minimum Gasteiger partial charge on any atom is -0.395 e. The number of aromatic nitrogens is 3. The van der Waals surface area contributed by atoms with Crippen molar-refractivity contribution in [2.45, 2.75) is 0 Å². The van der Waals surface area contributed by atoms with Gasteiger partial charge in [-0.3, -0.25) is 9.78 Å². The molecule has 1 aromatic heterocycles. The van der Waals surface area contributed by atoms with Crippen LogP contribution in [-0.2, 0) is 0 Å². The predicted octanol–water partition coefficient (Wildman–Crippen LogP) is -2.60. The van der Waals surface area contributed by atoms with Crippen LogP contribution in [0.3, 0.4) is 0 Å². The first kappa shape index (κ1) is 10.5. The van der Waals surface area contributed by atoms with Crippen molar-refractivity contribution >= 4 is 0 Å². The average molecular weight is 174 g/mol. The molecule has 0 aromatic carbocycles. The fourth-order valence-electron chi connectivity index (χ4n) is 0.322. The summed E-state index contributed by atoms with van der Waals surface area (Å²) >= 11 is 0. The quantitative estimate of drug-likeness (QED) is 0.371. The molecule has 0 bridgehead atoms. The molecule has 7 heteroatoms. The molecule has 1 aromatic rings. The predicted molar refractivity (Wildman–Crippen MR) is 41.6 cm³/mol. The molecule has 5 N–H and O–H groups in total.